The van der Waals surface area contributed by atoms with E-state index >= 15 is 0 Å². The number of benzene rings is 1. The predicted octanol–water partition coefficient (Wildman–Crippen LogP) is 1.68. The van der Waals surface area contributed by atoms with Crippen LogP contribution in [0.2, 0.25) is 0 Å². The van der Waals surface area contributed by atoms with Gasteiger partial charge in [-0.3, -0.25) is 0 Å². The van der Waals surface area contributed by atoms with Crippen LogP contribution in [-0.4, -0.2) is 11.7 Å². The molecule has 0 saturated carbocycles. The standard InChI is InChI=1S/C10H12O2/c1-10(11)6-7-12-9-5-3-2-4-8(9)10/h2-5,11H,6-7H2,1H3/i5D. The van der Waals surface area contributed by atoms with Gasteiger partial charge in [0.15, 0.2) is 0 Å². The first kappa shape index (κ1) is 6.49. The van der Waals surface area contributed by atoms with E-state index in [-0.39, 0.29) is 0 Å². The number of hydrogen-bond donors (Lipinski definition) is 1. The van der Waals surface area contributed by atoms with Gasteiger partial charge in [0.25, 0.3) is 0 Å². The molecule has 0 fully saturated rings. The van der Waals surface area contributed by atoms with E-state index in [0.29, 0.717) is 24.8 Å². The fourth-order valence-electron chi connectivity index (χ4n) is 1.45. The molecule has 1 atom stereocenters. The van der Waals surface area contributed by atoms with E-state index in [1.807, 2.05) is 6.07 Å². The van der Waals surface area contributed by atoms with Crippen LogP contribution in [0.4, 0.5) is 0 Å². The van der Waals surface area contributed by atoms with Crippen LogP contribution < -0.4 is 4.74 Å². The molecule has 2 rings (SSSR count). The third-order valence-corrected chi connectivity index (χ3v) is 2.23. The summed E-state index contributed by atoms with van der Waals surface area (Å²) in [4.78, 5) is 0. The highest BCUT2D eigenvalue weighted by atomic mass is 16.5. The number of hydrogen-bond acceptors (Lipinski definition) is 2. The minimum absolute atomic E-state index is 0.345. The van der Waals surface area contributed by atoms with Gasteiger partial charge in [-0.15, -0.1) is 0 Å². The summed E-state index contributed by atoms with van der Waals surface area (Å²) in [6.07, 6.45) is 0.587. The van der Waals surface area contributed by atoms with Crippen LogP contribution in [0.3, 0.4) is 0 Å². The van der Waals surface area contributed by atoms with Crippen molar-refractivity contribution in [1.82, 2.24) is 0 Å². The van der Waals surface area contributed by atoms with Crippen LogP contribution in [0.15, 0.2) is 24.2 Å². The third kappa shape index (κ3) is 1.08. The van der Waals surface area contributed by atoms with Crippen molar-refractivity contribution in [2.45, 2.75) is 18.9 Å². The van der Waals surface area contributed by atoms with Crippen LogP contribution in [0.5, 0.6) is 5.75 Å². The van der Waals surface area contributed by atoms with Crippen molar-refractivity contribution >= 4 is 0 Å². The highest BCUT2D eigenvalue weighted by Crippen LogP contribution is 2.35. The minimum Gasteiger partial charge on any atom is -0.493 e. The molecule has 64 valence electrons. The van der Waals surface area contributed by atoms with Gasteiger partial charge in [-0.2, -0.15) is 0 Å². The smallest absolute Gasteiger partial charge is 0.125 e. The lowest BCUT2D eigenvalue weighted by Crippen LogP contribution is -2.29. The lowest BCUT2D eigenvalue weighted by atomic mass is 9.90. The molecule has 1 unspecified atom stereocenters. The van der Waals surface area contributed by atoms with Crippen molar-refractivity contribution < 1.29 is 11.2 Å². The van der Waals surface area contributed by atoms with Gasteiger partial charge in [0, 0.05) is 12.0 Å². The molecule has 0 bridgehead atoms. The molecule has 1 aliphatic heterocycles. The quantitative estimate of drug-likeness (QED) is 0.633. The van der Waals surface area contributed by atoms with Gasteiger partial charge in [0.1, 0.15) is 5.75 Å². The first-order valence-electron chi connectivity index (χ1n) is 4.56. The van der Waals surface area contributed by atoms with E-state index in [2.05, 4.69) is 0 Å². The summed E-state index contributed by atoms with van der Waals surface area (Å²) >= 11 is 0. The maximum absolute atomic E-state index is 9.99. The zero-order valence-electron chi connectivity index (χ0n) is 8.00. The Morgan fingerprint density at radius 3 is 3.25 bits per heavy atom. The van der Waals surface area contributed by atoms with E-state index in [0.717, 1.165) is 5.56 Å². The van der Waals surface area contributed by atoms with Crippen molar-refractivity contribution in [3.63, 3.8) is 0 Å². The van der Waals surface area contributed by atoms with Crippen molar-refractivity contribution in [3.8, 4) is 5.75 Å². The Balaban J connectivity index is 2.58. The van der Waals surface area contributed by atoms with Crippen molar-refractivity contribution in [2.75, 3.05) is 6.61 Å². The Bertz CT molecular complexity index is 334. The maximum Gasteiger partial charge on any atom is 0.125 e. The monoisotopic (exact) mass is 165 g/mol. The largest absolute Gasteiger partial charge is 0.493 e. The van der Waals surface area contributed by atoms with E-state index in [9.17, 15) is 5.11 Å². The second-order valence-electron chi connectivity index (χ2n) is 3.29. The zero-order valence-corrected chi connectivity index (χ0v) is 7.00. The first-order chi connectivity index (χ1) is 6.11. The molecule has 0 saturated heterocycles. The second kappa shape index (κ2) is 2.49. The van der Waals surface area contributed by atoms with Crippen LogP contribution in [-0.2, 0) is 5.60 Å². The predicted molar refractivity (Wildman–Crippen MR) is 46.1 cm³/mol. The molecule has 0 radical (unpaired) electrons. The van der Waals surface area contributed by atoms with Gasteiger partial charge in [0.2, 0.25) is 0 Å². The number of aliphatic hydroxyl groups is 1. The molecule has 1 heterocycles. The Morgan fingerprint density at radius 2 is 2.50 bits per heavy atom. The fraction of sp³-hybridized carbons (Fsp3) is 0.400. The summed E-state index contributed by atoms with van der Waals surface area (Å²) in [5.41, 5.74) is -0.115. The average Bonchev–Trinajstić information content (AvgIpc) is 2.06. The molecular formula is C10H12O2. The summed E-state index contributed by atoms with van der Waals surface area (Å²) in [6.45, 7) is 2.24. The molecule has 1 aromatic rings. The molecular weight excluding hydrogens is 152 g/mol. The Labute approximate surface area is 73.2 Å². The van der Waals surface area contributed by atoms with Crippen LogP contribution in [0.25, 0.3) is 0 Å². The van der Waals surface area contributed by atoms with Gasteiger partial charge in [-0.05, 0) is 13.0 Å². The number of fused-ring (bicyclic) bond motifs is 1. The third-order valence-electron chi connectivity index (χ3n) is 2.23. The molecule has 12 heavy (non-hydrogen) atoms. The highest BCUT2D eigenvalue weighted by molar-refractivity contribution is 5.38. The summed E-state index contributed by atoms with van der Waals surface area (Å²) in [5, 5.41) is 9.99. The summed E-state index contributed by atoms with van der Waals surface area (Å²) < 4.78 is 12.9. The highest BCUT2D eigenvalue weighted by Gasteiger charge is 2.29. The van der Waals surface area contributed by atoms with Crippen LogP contribution in [0, 0.1) is 0 Å². The minimum atomic E-state index is -0.843. The molecule has 2 heteroatoms. The SMILES string of the molecule is [2H]c1cccc2c1OCCC2(C)O. The molecule has 0 amide bonds. The summed E-state index contributed by atoms with van der Waals surface area (Å²) in [6, 6.07) is 5.59. The van der Waals surface area contributed by atoms with Gasteiger partial charge in [-0.25, -0.2) is 0 Å². The molecule has 1 aromatic carbocycles. The summed E-state index contributed by atoms with van der Waals surface area (Å²) in [5.74, 6) is 0.527. The Hall–Kier alpha value is -1.02. The van der Waals surface area contributed by atoms with Crippen molar-refractivity contribution in [3.05, 3.63) is 29.8 Å². The molecule has 1 N–H and O–H groups in total. The molecule has 1 aliphatic rings. The van der Waals surface area contributed by atoms with Crippen molar-refractivity contribution in [2.24, 2.45) is 0 Å². The van der Waals surface area contributed by atoms with Gasteiger partial charge in [0.05, 0.1) is 13.6 Å². The lowest BCUT2D eigenvalue weighted by molar-refractivity contribution is 0.0147. The van der Waals surface area contributed by atoms with Crippen molar-refractivity contribution in [1.29, 1.82) is 0 Å². The Morgan fingerprint density at radius 1 is 1.67 bits per heavy atom. The number of rotatable bonds is 0. The van der Waals surface area contributed by atoms with Gasteiger partial charge < -0.3 is 9.84 Å². The van der Waals surface area contributed by atoms with E-state index in [1.54, 1.807) is 19.1 Å². The van der Waals surface area contributed by atoms with Crippen LogP contribution >= 0.6 is 0 Å². The van der Waals surface area contributed by atoms with E-state index in [4.69, 9.17) is 6.11 Å². The molecule has 0 spiro atoms. The van der Waals surface area contributed by atoms with Gasteiger partial charge in [-0.1, -0.05) is 18.2 Å². The molecule has 0 aliphatic carbocycles. The van der Waals surface area contributed by atoms with Crippen LogP contribution in [0.1, 0.15) is 20.3 Å². The lowest BCUT2D eigenvalue weighted by Gasteiger charge is -2.30. The number of ether oxygens (including phenoxy) is 1. The summed E-state index contributed by atoms with van der Waals surface area (Å²) in [7, 11) is 0. The molecule has 2 nitrogen and oxygen atoms in total. The zero-order chi connectivity index (χ0) is 9.47. The normalized spacial score (nSPS) is 28.7. The average molecular weight is 165 g/mol. The Kier molecular flexibility index (Phi) is 1.35. The maximum atomic E-state index is 9.99. The number of para-hydroxylation sites is 1. The fourth-order valence-corrected chi connectivity index (χ4v) is 1.45. The molecule has 0 aromatic heterocycles. The topological polar surface area (TPSA) is 29.5 Å². The van der Waals surface area contributed by atoms with E-state index < -0.39 is 5.60 Å². The van der Waals surface area contributed by atoms with E-state index in [1.165, 1.54) is 0 Å². The van der Waals surface area contributed by atoms with Gasteiger partial charge >= 0.3 is 0 Å². The first-order valence-corrected chi connectivity index (χ1v) is 4.06. The second-order valence-corrected chi connectivity index (χ2v) is 3.29.